The summed E-state index contributed by atoms with van der Waals surface area (Å²) < 4.78 is 21.1. The van der Waals surface area contributed by atoms with E-state index in [1.807, 2.05) is 24.3 Å². The second kappa shape index (κ2) is 9.25. The van der Waals surface area contributed by atoms with Gasteiger partial charge in [-0.3, -0.25) is 9.98 Å². The van der Waals surface area contributed by atoms with Gasteiger partial charge in [0.1, 0.15) is 12.0 Å². The van der Waals surface area contributed by atoms with Gasteiger partial charge in [-0.05, 0) is 77.2 Å². The fraction of sp³-hybridized carbons (Fsp3) is 0.217. The van der Waals surface area contributed by atoms with Crippen molar-refractivity contribution in [3.05, 3.63) is 75.1 Å². The van der Waals surface area contributed by atoms with Crippen LogP contribution in [0.3, 0.4) is 0 Å². The Hall–Kier alpha value is -2.28. The Kier molecular flexibility index (Phi) is 6.46. The molecule has 0 aliphatic carbocycles. The van der Waals surface area contributed by atoms with E-state index >= 15 is 0 Å². The van der Waals surface area contributed by atoms with Gasteiger partial charge in [-0.15, -0.1) is 0 Å². The van der Waals surface area contributed by atoms with Gasteiger partial charge in [0.15, 0.2) is 0 Å². The summed E-state index contributed by atoms with van der Waals surface area (Å²) in [6, 6.07) is 12.1. The number of halogens is 3. The van der Waals surface area contributed by atoms with Gasteiger partial charge in [0, 0.05) is 45.0 Å². The summed E-state index contributed by atoms with van der Waals surface area (Å²) in [6.45, 7) is 0.690. The Morgan fingerprint density at radius 2 is 2.10 bits per heavy atom. The fourth-order valence-electron chi connectivity index (χ4n) is 3.42. The molecule has 2 heterocycles. The summed E-state index contributed by atoms with van der Waals surface area (Å²) in [5.74, 6) is -0.443. The zero-order chi connectivity index (χ0) is 21.1. The molecular weight excluding hydrogens is 469 g/mol. The van der Waals surface area contributed by atoms with Crippen molar-refractivity contribution in [2.24, 2.45) is 10.7 Å². The first-order valence-corrected chi connectivity index (χ1v) is 10.8. The fourth-order valence-corrected chi connectivity index (χ4v) is 3.94. The molecule has 0 spiro atoms. The Labute approximate surface area is 187 Å². The van der Waals surface area contributed by atoms with Crippen molar-refractivity contribution in [2.75, 3.05) is 6.61 Å². The topological polar surface area (TPSA) is 60.5 Å². The van der Waals surface area contributed by atoms with Crippen molar-refractivity contribution in [3.63, 3.8) is 0 Å². The number of nitrogens with zero attached hydrogens (tertiary/aromatic N) is 2. The third-order valence-corrected chi connectivity index (χ3v) is 5.66. The molecule has 154 valence electrons. The van der Waals surface area contributed by atoms with Crippen LogP contribution in [-0.4, -0.2) is 24.0 Å². The number of fused-ring (bicyclic) bond motifs is 1. The highest BCUT2D eigenvalue weighted by atomic mass is 79.9. The van der Waals surface area contributed by atoms with Crippen LogP contribution in [0.4, 0.5) is 4.39 Å². The van der Waals surface area contributed by atoms with E-state index in [0.717, 1.165) is 40.2 Å². The van der Waals surface area contributed by atoms with Crippen LogP contribution in [0.1, 0.15) is 30.4 Å². The van der Waals surface area contributed by atoms with Gasteiger partial charge < -0.3 is 10.5 Å². The maximum Gasteiger partial charge on any atom is 0.148 e. The van der Waals surface area contributed by atoms with Gasteiger partial charge in [-0.1, -0.05) is 17.7 Å². The highest BCUT2D eigenvalue weighted by molar-refractivity contribution is 9.10. The summed E-state index contributed by atoms with van der Waals surface area (Å²) >= 11 is 9.55. The minimum atomic E-state index is -0.443. The Balaban J connectivity index is 1.84. The molecule has 1 aromatic heterocycles. The minimum absolute atomic E-state index is 0.220. The molecule has 1 unspecified atom stereocenters. The second-order valence-corrected chi connectivity index (χ2v) is 8.46. The van der Waals surface area contributed by atoms with Crippen molar-refractivity contribution < 1.29 is 9.13 Å². The summed E-state index contributed by atoms with van der Waals surface area (Å²) in [5, 5.41) is 1.34. The maximum absolute atomic E-state index is 14.5. The van der Waals surface area contributed by atoms with Crippen molar-refractivity contribution in [1.29, 1.82) is 0 Å². The molecule has 30 heavy (non-hydrogen) atoms. The molecule has 0 bridgehead atoms. The van der Waals surface area contributed by atoms with E-state index in [1.54, 1.807) is 12.4 Å². The van der Waals surface area contributed by atoms with E-state index in [2.05, 4.69) is 25.9 Å². The van der Waals surface area contributed by atoms with Crippen LogP contribution in [0.15, 0.2) is 58.1 Å². The SMILES string of the molecule is NC(=C(C=NC1CCCCO1)c1ccc2ncc(Br)cc2c1)c1cc(Cl)ccc1F. The van der Waals surface area contributed by atoms with E-state index in [4.69, 9.17) is 22.1 Å². The summed E-state index contributed by atoms with van der Waals surface area (Å²) in [5.41, 5.74) is 9.21. The van der Waals surface area contributed by atoms with Gasteiger partial charge in [0.05, 0.1) is 11.2 Å². The second-order valence-electron chi connectivity index (χ2n) is 7.11. The first-order valence-electron chi connectivity index (χ1n) is 9.67. The number of hydrogen-bond acceptors (Lipinski definition) is 4. The molecule has 1 aliphatic heterocycles. The molecule has 0 saturated carbocycles. The van der Waals surface area contributed by atoms with Crippen LogP contribution in [0.25, 0.3) is 22.2 Å². The summed E-state index contributed by atoms with van der Waals surface area (Å²) in [4.78, 5) is 8.99. The van der Waals surface area contributed by atoms with Gasteiger partial charge in [0.2, 0.25) is 0 Å². The zero-order valence-corrected chi connectivity index (χ0v) is 18.5. The molecule has 4 rings (SSSR count). The number of aliphatic imine (C=N–C) groups is 1. The van der Waals surface area contributed by atoms with Gasteiger partial charge >= 0.3 is 0 Å². The Morgan fingerprint density at radius 1 is 1.23 bits per heavy atom. The van der Waals surface area contributed by atoms with E-state index in [-0.39, 0.29) is 17.5 Å². The molecule has 4 nitrogen and oxygen atoms in total. The lowest BCUT2D eigenvalue weighted by atomic mass is 9.98. The van der Waals surface area contributed by atoms with Gasteiger partial charge in [-0.25, -0.2) is 4.39 Å². The van der Waals surface area contributed by atoms with Crippen molar-refractivity contribution in [1.82, 2.24) is 4.98 Å². The highest BCUT2D eigenvalue weighted by Gasteiger charge is 2.15. The predicted octanol–water partition coefficient (Wildman–Crippen LogP) is 6.21. The van der Waals surface area contributed by atoms with Gasteiger partial charge in [0.25, 0.3) is 0 Å². The predicted molar refractivity (Wildman–Crippen MR) is 124 cm³/mol. The highest BCUT2D eigenvalue weighted by Crippen LogP contribution is 2.28. The molecular formula is C23H20BrClFN3O. The third-order valence-electron chi connectivity index (χ3n) is 4.99. The molecule has 2 aromatic carbocycles. The molecule has 2 N–H and O–H groups in total. The molecule has 3 aromatic rings. The molecule has 7 heteroatoms. The first-order chi connectivity index (χ1) is 14.5. The number of allylic oxidation sites excluding steroid dienone is 1. The monoisotopic (exact) mass is 487 g/mol. The van der Waals surface area contributed by atoms with E-state index in [9.17, 15) is 4.39 Å². The number of aromatic nitrogens is 1. The number of benzene rings is 2. The standard InChI is InChI=1S/C23H20BrClFN3O/c24-16-10-15-9-14(4-7-21(15)28-12-16)19(13-29-22-3-1-2-8-30-22)23(27)18-11-17(25)5-6-20(18)26/h4-7,9-13,22H,1-3,8,27H2. The Morgan fingerprint density at radius 3 is 2.90 bits per heavy atom. The summed E-state index contributed by atoms with van der Waals surface area (Å²) in [7, 11) is 0. The van der Waals surface area contributed by atoms with Crippen LogP contribution >= 0.6 is 27.5 Å². The van der Waals surface area contributed by atoms with Crippen LogP contribution in [0.2, 0.25) is 5.02 Å². The molecule has 0 radical (unpaired) electrons. The molecule has 1 aliphatic rings. The minimum Gasteiger partial charge on any atom is -0.398 e. The van der Waals surface area contributed by atoms with Crippen LogP contribution in [-0.2, 0) is 4.74 Å². The van der Waals surface area contributed by atoms with E-state index in [0.29, 0.717) is 17.2 Å². The van der Waals surface area contributed by atoms with Gasteiger partial charge in [-0.2, -0.15) is 0 Å². The lowest BCUT2D eigenvalue weighted by Crippen LogP contribution is -2.17. The molecule has 1 atom stereocenters. The number of nitrogens with two attached hydrogens (primary N) is 1. The van der Waals surface area contributed by atoms with Crippen molar-refractivity contribution >= 4 is 55.9 Å². The molecule has 1 fully saturated rings. The van der Waals surface area contributed by atoms with Crippen LogP contribution in [0.5, 0.6) is 0 Å². The summed E-state index contributed by atoms with van der Waals surface area (Å²) in [6.07, 6.45) is 6.16. The smallest absolute Gasteiger partial charge is 0.148 e. The number of pyridine rings is 1. The normalized spacial score (nSPS) is 18.0. The average molecular weight is 489 g/mol. The third kappa shape index (κ3) is 4.72. The lowest BCUT2D eigenvalue weighted by molar-refractivity contribution is 0.0227. The zero-order valence-electron chi connectivity index (χ0n) is 16.1. The molecule has 1 saturated heterocycles. The maximum atomic E-state index is 14.5. The van der Waals surface area contributed by atoms with E-state index in [1.165, 1.54) is 18.2 Å². The quantitative estimate of drug-likeness (QED) is 0.351. The number of ether oxygens (including phenoxy) is 1. The van der Waals surface area contributed by atoms with E-state index < -0.39 is 5.82 Å². The van der Waals surface area contributed by atoms with Crippen LogP contribution < -0.4 is 5.73 Å². The van der Waals surface area contributed by atoms with Crippen LogP contribution in [0, 0.1) is 5.82 Å². The largest absolute Gasteiger partial charge is 0.398 e. The number of hydrogen-bond donors (Lipinski definition) is 1. The number of rotatable bonds is 4. The average Bonchev–Trinajstić information content (AvgIpc) is 2.76. The first kappa shape index (κ1) is 21.0. The lowest BCUT2D eigenvalue weighted by Gasteiger charge is -2.19. The van der Waals surface area contributed by atoms with Crippen molar-refractivity contribution in [2.45, 2.75) is 25.5 Å². The molecule has 0 amide bonds. The van der Waals surface area contributed by atoms with Crippen molar-refractivity contribution in [3.8, 4) is 0 Å². The Bertz CT molecular complexity index is 1140.